The maximum atomic E-state index is 10.9. The zero-order valence-corrected chi connectivity index (χ0v) is 11.2. The average Bonchev–Trinajstić information content (AvgIpc) is 2.81. The molecule has 0 radical (unpaired) electrons. The molecule has 0 unspecified atom stereocenters. The molecule has 2 aromatic heterocycles. The van der Waals surface area contributed by atoms with Crippen molar-refractivity contribution in [2.45, 2.75) is 33.6 Å². The van der Waals surface area contributed by atoms with E-state index in [9.17, 15) is 4.79 Å². The molecular formula is C13H16N4O2. The van der Waals surface area contributed by atoms with Crippen molar-refractivity contribution < 1.29 is 9.90 Å². The molecule has 0 bridgehead atoms. The minimum atomic E-state index is -0.981. The monoisotopic (exact) mass is 260 g/mol. The van der Waals surface area contributed by atoms with Crippen molar-refractivity contribution in [3.63, 3.8) is 0 Å². The molecule has 0 saturated heterocycles. The Balaban J connectivity index is 2.52. The summed E-state index contributed by atoms with van der Waals surface area (Å²) in [4.78, 5) is 19.5. The second-order valence-electron chi connectivity index (χ2n) is 4.23. The molecule has 19 heavy (non-hydrogen) atoms. The Hall–Kier alpha value is -2.24. The van der Waals surface area contributed by atoms with Crippen molar-refractivity contribution in [3.05, 3.63) is 35.0 Å². The van der Waals surface area contributed by atoms with E-state index in [1.165, 1.54) is 6.20 Å². The van der Waals surface area contributed by atoms with Gasteiger partial charge in [-0.25, -0.2) is 14.8 Å². The SMILES string of the molecule is CCc1nc(CC)n(-c2ncc(C(=O)O)cc2C)n1. The molecule has 2 heterocycles. The van der Waals surface area contributed by atoms with Crippen molar-refractivity contribution in [1.29, 1.82) is 0 Å². The van der Waals surface area contributed by atoms with Crippen LogP contribution in [0.15, 0.2) is 12.3 Å². The van der Waals surface area contributed by atoms with Crippen LogP contribution in [0.25, 0.3) is 5.82 Å². The third-order valence-electron chi connectivity index (χ3n) is 2.85. The minimum Gasteiger partial charge on any atom is -0.478 e. The normalized spacial score (nSPS) is 10.7. The molecule has 6 heteroatoms. The number of carboxylic acids is 1. The van der Waals surface area contributed by atoms with Crippen molar-refractivity contribution in [2.75, 3.05) is 0 Å². The maximum Gasteiger partial charge on any atom is 0.337 e. The first-order valence-electron chi connectivity index (χ1n) is 6.21. The van der Waals surface area contributed by atoms with Gasteiger partial charge in [-0.1, -0.05) is 13.8 Å². The number of carboxylic acid groups (broad SMARTS) is 1. The molecule has 2 aromatic rings. The number of hydrogen-bond acceptors (Lipinski definition) is 4. The van der Waals surface area contributed by atoms with Gasteiger partial charge in [0.2, 0.25) is 0 Å². The fourth-order valence-corrected chi connectivity index (χ4v) is 1.85. The van der Waals surface area contributed by atoms with Gasteiger partial charge < -0.3 is 5.11 Å². The van der Waals surface area contributed by atoms with Crippen LogP contribution in [0.4, 0.5) is 0 Å². The molecule has 1 N–H and O–H groups in total. The summed E-state index contributed by atoms with van der Waals surface area (Å²) in [5.74, 6) is 1.25. The fourth-order valence-electron chi connectivity index (χ4n) is 1.85. The topological polar surface area (TPSA) is 80.9 Å². The largest absolute Gasteiger partial charge is 0.478 e. The summed E-state index contributed by atoms with van der Waals surface area (Å²) in [6, 6.07) is 1.59. The first kappa shape index (κ1) is 13.2. The van der Waals surface area contributed by atoms with Gasteiger partial charge in [0, 0.05) is 19.0 Å². The zero-order chi connectivity index (χ0) is 14.0. The van der Waals surface area contributed by atoms with Crippen LogP contribution in [0.2, 0.25) is 0 Å². The lowest BCUT2D eigenvalue weighted by atomic mass is 10.2. The molecule has 0 spiro atoms. The quantitative estimate of drug-likeness (QED) is 0.906. The molecular weight excluding hydrogens is 244 g/mol. The van der Waals surface area contributed by atoms with Crippen LogP contribution in [0.5, 0.6) is 0 Å². The first-order chi connectivity index (χ1) is 9.06. The van der Waals surface area contributed by atoms with E-state index in [2.05, 4.69) is 15.1 Å². The molecule has 2 rings (SSSR count). The van der Waals surface area contributed by atoms with Gasteiger partial charge in [0.25, 0.3) is 0 Å². The molecule has 6 nitrogen and oxygen atoms in total. The highest BCUT2D eigenvalue weighted by atomic mass is 16.4. The lowest BCUT2D eigenvalue weighted by Crippen LogP contribution is -2.08. The van der Waals surface area contributed by atoms with E-state index in [-0.39, 0.29) is 5.56 Å². The van der Waals surface area contributed by atoms with Gasteiger partial charge in [0.05, 0.1) is 5.56 Å². The van der Waals surface area contributed by atoms with E-state index < -0.39 is 5.97 Å². The number of nitrogens with zero attached hydrogens (tertiary/aromatic N) is 4. The number of aryl methyl sites for hydroxylation is 3. The van der Waals surface area contributed by atoms with E-state index in [1.54, 1.807) is 10.7 Å². The second kappa shape index (κ2) is 5.17. The minimum absolute atomic E-state index is 0.176. The standard InChI is InChI=1S/C13H16N4O2/c1-4-10-15-11(5-2)17(16-10)12-8(3)6-9(7-14-12)13(18)19/h6-7H,4-5H2,1-3H3,(H,18,19). The summed E-state index contributed by atoms with van der Waals surface area (Å²) in [5, 5.41) is 13.3. The molecule has 0 fully saturated rings. The predicted octanol–water partition coefficient (Wildman–Crippen LogP) is 1.79. The Bertz CT molecular complexity index is 619. The summed E-state index contributed by atoms with van der Waals surface area (Å²) in [7, 11) is 0. The Morgan fingerprint density at radius 2 is 2.11 bits per heavy atom. The third kappa shape index (κ3) is 2.47. The third-order valence-corrected chi connectivity index (χ3v) is 2.85. The van der Waals surface area contributed by atoms with Gasteiger partial charge in [0.15, 0.2) is 11.6 Å². The van der Waals surface area contributed by atoms with E-state index in [0.717, 1.165) is 30.1 Å². The lowest BCUT2D eigenvalue weighted by Gasteiger charge is -2.07. The molecule has 0 aliphatic heterocycles. The smallest absolute Gasteiger partial charge is 0.337 e. The molecule has 0 aliphatic carbocycles. The van der Waals surface area contributed by atoms with Gasteiger partial charge in [-0.15, -0.1) is 5.10 Å². The summed E-state index contributed by atoms with van der Waals surface area (Å²) < 4.78 is 1.69. The van der Waals surface area contributed by atoms with Crippen molar-refractivity contribution >= 4 is 5.97 Å². The Morgan fingerprint density at radius 1 is 1.37 bits per heavy atom. The van der Waals surface area contributed by atoms with Crippen LogP contribution in [0, 0.1) is 6.92 Å². The number of carbonyl (C=O) groups is 1. The number of rotatable bonds is 4. The number of pyridine rings is 1. The molecule has 0 atom stereocenters. The Labute approximate surface area is 111 Å². The van der Waals surface area contributed by atoms with Crippen LogP contribution >= 0.6 is 0 Å². The van der Waals surface area contributed by atoms with E-state index >= 15 is 0 Å². The van der Waals surface area contributed by atoms with Crippen LogP contribution in [-0.4, -0.2) is 30.8 Å². The zero-order valence-electron chi connectivity index (χ0n) is 11.2. The highest BCUT2D eigenvalue weighted by Crippen LogP contribution is 2.14. The average molecular weight is 260 g/mol. The van der Waals surface area contributed by atoms with Crippen LogP contribution in [-0.2, 0) is 12.8 Å². The lowest BCUT2D eigenvalue weighted by molar-refractivity contribution is 0.0696. The van der Waals surface area contributed by atoms with E-state index in [0.29, 0.717) is 5.82 Å². The summed E-state index contributed by atoms with van der Waals surface area (Å²) in [5.41, 5.74) is 0.942. The van der Waals surface area contributed by atoms with Gasteiger partial charge in [-0.3, -0.25) is 0 Å². The second-order valence-corrected chi connectivity index (χ2v) is 4.23. The number of aromatic carboxylic acids is 1. The highest BCUT2D eigenvalue weighted by molar-refractivity contribution is 5.87. The fraction of sp³-hybridized carbons (Fsp3) is 0.385. The van der Waals surface area contributed by atoms with Crippen LogP contribution in [0.1, 0.15) is 41.4 Å². The molecule has 100 valence electrons. The van der Waals surface area contributed by atoms with Gasteiger partial charge in [-0.2, -0.15) is 4.68 Å². The predicted molar refractivity (Wildman–Crippen MR) is 69.6 cm³/mol. The maximum absolute atomic E-state index is 10.9. The molecule has 0 aromatic carbocycles. The van der Waals surface area contributed by atoms with Crippen molar-refractivity contribution in [2.24, 2.45) is 0 Å². The van der Waals surface area contributed by atoms with Crippen LogP contribution in [0.3, 0.4) is 0 Å². The van der Waals surface area contributed by atoms with Crippen LogP contribution < -0.4 is 0 Å². The van der Waals surface area contributed by atoms with Crippen molar-refractivity contribution in [1.82, 2.24) is 19.7 Å². The Kier molecular flexibility index (Phi) is 3.59. The first-order valence-corrected chi connectivity index (χ1v) is 6.21. The molecule has 0 amide bonds. The highest BCUT2D eigenvalue weighted by Gasteiger charge is 2.14. The summed E-state index contributed by atoms with van der Waals surface area (Å²) in [6.07, 6.45) is 2.85. The van der Waals surface area contributed by atoms with Gasteiger partial charge in [-0.05, 0) is 18.6 Å². The summed E-state index contributed by atoms with van der Waals surface area (Å²) >= 11 is 0. The molecule has 0 saturated carbocycles. The summed E-state index contributed by atoms with van der Waals surface area (Å²) in [6.45, 7) is 5.81. The van der Waals surface area contributed by atoms with E-state index in [4.69, 9.17) is 5.11 Å². The van der Waals surface area contributed by atoms with Crippen molar-refractivity contribution in [3.8, 4) is 5.82 Å². The molecule has 0 aliphatic rings. The Morgan fingerprint density at radius 3 is 2.63 bits per heavy atom. The number of aromatic nitrogens is 4. The number of hydrogen-bond donors (Lipinski definition) is 1. The van der Waals surface area contributed by atoms with Gasteiger partial charge in [0.1, 0.15) is 5.82 Å². The van der Waals surface area contributed by atoms with Gasteiger partial charge >= 0.3 is 5.97 Å². The van der Waals surface area contributed by atoms with E-state index in [1.807, 2.05) is 20.8 Å².